The monoisotopic (exact) mass is 467 g/mol. The SMILES string of the molecule is Cc1cccc(CN(C)Cc2ccccc2)c1Pc1ccccc1O.[Cl][Ti][Cl]. The van der Waals surface area contributed by atoms with Gasteiger partial charge in [0.25, 0.3) is 0 Å². The topological polar surface area (TPSA) is 23.5 Å². The van der Waals surface area contributed by atoms with Gasteiger partial charge in [0.1, 0.15) is 5.75 Å². The summed E-state index contributed by atoms with van der Waals surface area (Å²) in [6.45, 7) is 3.98. The Labute approximate surface area is 186 Å². The number of hydrogen-bond donors (Lipinski definition) is 1. The second-order valence-corrected chi connectivity index (χ2v) is 10.3. The summed E-state index contributed by atoms with van der Waals surface area (Å²) in [5, 5.41) is 12.5. The van der Waals surface area contributed by atoms with Gasteiger partial charge in [-0.1, -0.05) is 75.3 Å². The Morgan fingerprint density at radius 2 is 1.54 bits per heavy atom. The van der Waals surface area contributed by atoms with Crippen molar-refractivity contribution in [3.63, 3.8) is 0 Å². The number of phenolic OH excluding ortho intramolecular Hbond substituents is 1. The van der Waals surface area contributed by atoms with Gasteiger partial charge in [-0.05, 0) is 42.0 Å². The fraction of sp³-hybridized carbons (Fsp3) is 0.182. The van der Waals surface area contributed by atoms with Gasteiger partial charge in [0.15, 0.2) is 0 Å². The molecule has 0 saturated carbocycles. The van der Waals surface area contributed by atoms with Gasteiger partial charge >= 0.3 is 35.6 Å². The molecule has 0 aliphatic heterocycles. The molecule has 0 saturated heterocycles. The average molecular weight is 468 g/mol. The Morgan fingerprint density at radius 3 is 2.21 bits per heavy atom. The number of hydrogen-bond acceptors (Lipinski definition) is 2. The van der Waals surface area contributed by atoms with E-state index >= 15 is 0 Å². The maximum atomic E-state index is 10.1. The number of aromatic hydroxyl groups is 1. The molecule has 0 radical (unpaired) electrons. The molecule has 1 N–H and O–H groups in total. The number of benzene rings is 3. The van der Waals surface area contributed by atoms with E-state index in [-0.39, 0.29) is 0 Å². The molecule has 0 aliphatic carbocycles. The Bertz CT molecular complexity index is 864. The molecule has 0 aliphatic rings. The zero-order valence-corrected chi connectivity index (χ0v) is 20.1. The van der Waals surface area contributed by atoms with Crippen LogP contribution in [0.25, 0.3) is 0 Å². The van der Waals surface area contributed by atoms with Gasteiger partial charge in [0.2, 0.25) is 0 Å². The van der Waals surface area contributed by atoms with Gasteiger partial charge in [0.05, 0.1) is 0 Å². The van der Waals surface area contributed by atoms with Crippen LogP contribution in [0.1, 0.15) is 16.7 Å². The van der Waals surface area contributed by atoms with Gasteiger partial charge in [-0.2, -0.15) is 0 Å². The summed E-state index contributed by atoms with van der Waals surface area (Å²) >= 11 is -0.556. The number of para-hydroxylation sites is 1. The van der Waals surface area contributed by atoms with Gasteiger partial charge in [-0.15, -0.1) is 0 Å². The minimum absolute atomic E-state index is 0.382. The molecule has 0 heterocycles. The van der Waals surface area contributed by atoms with Gasteiger partial charge in [-0.25, -0.2) is 0 Å². The first-order valence-corrected chi connectivity index (χ1v) is 14.2. The predicted octanol–water partition coefficient (Wildman–Crippen LogP) is 5.34. The molecule has 3 aromatic carbocycles. The molecule has 6 heteroatoms. The molecule has 0 spiro atoms. The summed E-state index contributed by atoms with van der Waals surface area (Å²) in [6, 6.07) is 24.7. The van der Waals surface area contributed by atoms with Crippen LogP contribution in [0.3, 0.4) is 0 Å². The van der Waals surface area contributed by atoms with Crippen molar-refractivity contribution in [2.45, 2.75) is 20.0 Å². The Morgan fingerprint density at radius 1 is 0.893 bits per heavy atom. The maximum absolute atomic E-state index is 10.1. The normalized spacial score (nSPS) is 10.8. The summed E-state index contributed by atoms with van der Waals surface area (Å²) in [7, 11) is 12.4. The van der Waals surface area contributed by atoms with Gasteiger partial charge in [-0.3, -0.25) is 4.90 Å². The van der Waals surface area contributed by atoms with E-state index in [1.807, 2.05) is 18.2 Å². The Hall–Kier alpha value is -0.856. The molecule has 0 aromatic heterocycles. The zero-order chi connectivity index (χ0) is 20.4. The summed E-state index contributed by atoms with van der Waals surface area (Å²) in [6.07, 6.45) is 0. The van der Waals surface area contributed by atoms with Crippen molar-refractivity contribution in [2.24, 2.45) is 0 Å². The molecule has 3 aromatic rings. The summed E-state index contributed by atoms with van der Waals surface area (Å²) in [5.41, 5.74) is 3.94. The zero-order valence-electron chi connectivity index (χ0n) is 16.0. The van der Waals surface area contributed by atoms with Crippen molar-refractivity contribution in [3.05, 3.63) is 89.5 Å². The second-order valence-electron chi connectivity index (χ2n) is 6.48. The third kappa shape index (κ3) is 7.52. The quantitative estimate of drug-likeness (QED) is 0.390. The molecule has 1 atom stereocenters. The standard InChI is InChI=1S/C22H24NOP.2ClH.Ti/c1-17-9-8-12-19(16-23(2)15-18-10-4-3-5-11-18)22(17)25-21-14-7-6-13-20(21)24;;;/h3-14,24-25H,15-16H2,1-2H3;2*1H;/q;;;+2/p-2. The van der Waals surface area contributed by atoms with Crippen molar-refractivity contribution in [3.8, 4) is 5.75 Å². The van der Waals surface area contributed by atoms with Gasteiger partial charge in [0, 0.05) is 18.4 Å². The molecule has 146 valence electrons. The summed E-state index contributed by atoms with van der Waals surface area (Å²) in [4.78, 5) is 2.34. The van der Waals surface area contributed by atoms with E-state index in [4.69, 9.17) is 18.6 Å². The summed E-state index contributed by atoms with van der Waals surface area (Å²) < 4.78 is 0. The van der Waals surface area contributed by atoms with Crippen LogP contribution in [0.2, 0.25) is 0 Å². The van der Waals surface area contributed by atoms with E-state index in [1.165, 1.54) is 22.0 Å². The van der Waals surface area contributed by atoms with Crippen molar-refractivity contribution in [1.29, 1.82) is 0 Å². The summed E-state index contributed by atoms with van der Waals surface area (Å²) in [5.74, 6) is 0.382. The van der Waals surface area contributed by atoms with Crippen LogP contribution < -0.4 is 10.6 Å². The van der Waals surface area contributed by atoms with Crippen LogP contribution in [-0.2, 0) is 30.1 Å². The first-order valence-electron chi connectivity index (χ1n) is 8.87. The minimum atomic E-state index is -0.556. The van der Waals surface area contributed by atoms with Crippen LogP contribution in [-0.4, -0.2) is 17.1 Å². The van der Waals surface area contributed by atoms with Crippen molar-refractivity contribution >= 4 is 37.8 Å². The molecule has 3 rings (SSSR count). The van der Waals surface area contributed by atoms with Crippen LogP contribution >= 0.6 is 27.2 Å². The van der Waals surface area contributed by atoms with Crippen LogP contribution in [0, 0.1) is 6.92 Å². The van der Waals surface area contributed by atoms with E-state index in [2.05, 4.69) is 67.4 Å². The second kappa shape index (κ2) is 12.7. The average Bonchev–Trinajstić information content (AvgIpc) is 2.67. The molecular formula is C22H24Cl2NOPTi. The van der Waals surface area contributed by atoms with E-state index in [9.17, 15) is 5.11 Å². The molecule has 0 bridgehead atoms. The third-order valence-corrected chi connectivity index (χ3v) is 5.92. The molecular weight excluding hydrogens is 444 g/mol. The van der Waals surface area contributed by atoms with Crippen molar-refractivity contribution < 1.29 is 22.1 Å². The van der Waals surface area contributed by atoms with E-state index in [0.717, 1.165) is 18.4 Å². The van der Waals surface area contributed by atoms with Crippen molar-refractivity contribution in [1.82, 2.24) is 4.90 Å². The van der Waals surface area contributed by atoms with E-state index in [0.29, 0.717) is 14.3 Å². The van der Waals surface area contributed by atoms with Crippen LogP contribution in [0.15, 0.2) is 72.8 Å². The first-order chi connectivity index (χ1) is 13.5. The first kappa shape index (κ1) is 23.4. The fourth-order valence-electron chi connectivity index (χ4n) is 2.99. The van der Waals surface area contributed by atoms with E-state index in [1.54, 1.807) is 6.07 Å². The molecule has 1 unspecified atom stereocenters. The fourth-order valence-corrected chi connectivity index (χ4v) is 4.26. The van der Waals surface area contributed by atoms with E-state index < -0.39 is 17.0 Å². The Balaban J connectivity index is 0.000000878. The molecule has 28 heavy (non-hydrogen) atoms. The number of phenols is 1. The van der Waals surface area contributed by atoms with Gasteiger partial charge < -0.3 is 5.11 Å². The molecule has 2 nitrogen and oxygen atoms in total. The Kier molecular flexibility index (Phi) is 10.6. The number of halogens is 2. The predicted molar refractivity (Wildman–Crippen MR) is 120 cm³/mol. The van der Waals surface area contributed by atoms with Crippen molar-refractivity contribution in [2.75, 3.05) is 7.05 Å². The molecule has 0 fully saturated rings. The number of nitrogens with zero attached hydrogens (tertiary/aromatic N) is 1. The third-order valence-electron chi connectivity index (χ3n) is 4.26. The molecule has 0 amide bonds. The number of rotatable bonds is 6. The number of aryl methyl sites for hydroxylation is 1. The van der Waals surface area contributed by atoms with Crippen LogP contribution in [0.5, 0.6) is 5.75 Å². The van der Waals surface area contributed by atoms with Crippen LogP contribution in [0.4, 0.5) is 0 Å².